The van der Waals surface area contributed by atoms with E-state index in [4.69, 9.17) is 27.0 Å². The Bertz CT molecular complexity index is 860. The summed E-state index contributed by atoms with van der Waals surface area (Å²) in [4.78, 5) is 22.9. The van der Waals surface area contributed by atoms with Crippen LogP contribution >= 0.6 is 23.6 Å². The van der Waals surface area contributed by atoms with Crippen LogP contribution in [0.15, 0.2) is 0 Å². The van der Waals surface area contributed by atoms with E-state index in [-0.39, 0.29) is 28.2 Å². The molecule has 0 aliphatic carbocycles. The van der Waals surface area contributed by atoms with Crippen LogP contribution in [0, 0.1) is 3.95 Å². The number of carboxylic acids is 1. The minimum atomic E-state index is -5.19. The molecule has 1 rings (SSSR count). The molecule has 15 heteroatoms. The first-order chi connectivity index (χ1) is 12.9. The van der Waals surface area contributed by atoms with Crippen LogP contribution < -0.4 is 0 Å². The summed E-state index contributed by atoms with van der Waals surface area (Å²) in [6.45, 7) is -0.970. The van der Waals surface area contributed by atoms with E-state index in [1.165, 1.54) is 4.57 Å². The lowest BCUT2D eigenvalue weighted by Gasteiger charge is -2.23. The number of aromatic hydroxyl groups is 1. The summed E-state index contributed by atoms with van der Waals surface area (Å²) in [5.74, 6) is -2.63. The highest BCUT2D eigenvalue weighted by atomic mass is 32.3. The number of thiazole rings is 1. The second-order valence-corrected chi connectivity index (χ2v) is 8.37. The lowest BCUT2D eigenvalue weighted by molar-refractivity contribution is -0.137. The summed E-state index contributed by atoms with van der Waals surface area (Å²) in [6, 6.07) is 0. The summed E-state index contributed by atoms with van der Waals surface area (Å²) in [5.41, 5.74) is 0. The van der Waals surface area contributed by atoms with Crippen LogP contribution in [-0.2, 0) is 37.1 Å². The van der Waals surface area contributed by atoms with E-state index in [0.29, 0.717) is 0 Å². The van der Waals surface area contributed by atoms with E-state index in [9.17, 15) is 33.3 Å². The second kappa shape index (κ2) is 10.4. The molecule has 1 aromatic rings. The number of hydrogen-bond donors (Lipinski definition) is 6. The van der Waals surface area contributed by atoms with Gasteiger partial charge < -0.3 is 25.5 Å². The molecule has 3 unspecified atom stereocenters. The van der Waals surface area contributed by atoms with E-state index in [2.05, 4.69) is 4.18 Å². The molecule has 3 atom stereocenters. The maximum absolute atomic E-state index is 12.3. The summed E-state index contributed by atoms with van der Waals surface area (Å²) in [6.07, 6.45) is -7.09. The lowest BCUT2D eigenvalue weighted by atomic mass is 10.0. The van der Waals surface area contributed by atoms with Gasteiger partial charge in [-0.3, -0.25) is 18.7 Å². The zero-order chi connectivity index (χ0) is 21.6. The summed E-state index contributed by atoms with van der Waals surface area (Å²) in [7, 11) is -5.19. The molecule has 0 aromatic carbocycles. The van der Waals surface area contributed by atoms with Crippen molar-refractivity contribution < 1.29 is 52.3 Å². The van der Waals surface area contributed by atoms with Gasteiger partial charge in [0.2, 0.25) is 5.88 Å². The number of aromatic nitrogens is 1. The predicted molar refractivity (Wildman–Crippen MR) is 95.9 cm³/mol. The Hall–Kier alpha value is -1.46. The van der Waals surface area contributed by atoms with Gasteiger partial charge in [0.15, 0.2) is 15.8 Å². The Kier molecular flexibility index (Phi) is 9.09. The average Bonchev–Trinajstić information content (AvgIpc) is 2.84. The quantitative estimate of drug-likeness (QED) is 0.161. The van der Waals surface area contributed by atoms with Crippen LogP contribution in [0.2, 0.25) is 0 Å². The Labute approximate surface area is 168 Å². The van der Waals surface area contributed by atoms with Crippen LogP contribution in [0.4, 0.5) is 0 Å². The third kappa shape index (κ3) is 7.17. The van der Waals surface area contributed by atoms with Crippen molar-refractivity contribution in [1.82, 2.24) is 4.57 Å². The fourth-order valence-electron chi connectivity index (χ4n) is 2.14. The lowest BCUT2D eigenvalue weighted by Crippen LogP contribution is -2.46. The molecule has 1 aromatic heterocycles. The molecule has 0 fully saturated rings. The van der Waals surface area contributed by atoms with Crippen molar-refractivity contribution in [3.05, 3.63) is 8.83 Å². The van der Waals surface area contributed by atoms with Crippen molar-refractivity contribution in [2.24, 2.45) is 0 Å². The summed E-state index contributed by atoms with van der Waals surface area (Å²) in [5, 5.41) is 46.9. The van der Waals surface area contributed by atoms with Crippen LogP contribution in [0.1, 0.15) is 17.7 Å². The van der Waals surface area contributed by atoms with E-state index >= 15 is 0 Å². The Morgan fingerprint density at radius 2 is 1.89 bits per heavy atom. The highest BCUT2D eigenvalue weighted by Crippen LogP contribution is 2.28. The van der Waals surface area contributed by atoms with Crippen LogP contribution in [0.25, 0.3) is 0 Å². The molecular formula is C13H19NO11S3. The molecule has 0 saturated heterocycles. The van der Waals surface area contributed by atoms with Gasteiger partial charge in [0.25, 0.3) is 0 Å². The molecule has 12 nitrogen and oxygen atoms in total. The maximum Gasteiger partial charge on any atom is 0.398 e. The zero-order valence-electron chi connectivity index (χ0n) is 14.2. The van der Waals surface area contributed by atoms with Gasteiger partial charge in [0.1, 0.15) is 12.2 Å². The largest absolute Gasteiger partial charge is 0.494 e. The van der Waals surface area contributed by atoms with Crippen molar-refractivity contribution in [3.63, 3.8) is 0 Å². The number of aliphatic hydroxyl groups is 3. The molecule has 0 saturated carbocycles. The maximum atomic E-state index is 12.3. The van der Waals surface area contributed by atoms with Gasteiger partial charge in [-0.25, -0.2) is 4.18 Å². The molecule has 28 heavy (non-hydrogen) atoms. The minimum Gasteiger partial charge on any atom is -0.494 e. The van der Waals surface area contributed by atoms with Crippen LogP contribution in [0.5, 0.6) is 5.88 Å². The topological polar surface area (TPSA) is 204 Å². The molecule has 0 amide bonds. The molecule has 160 valence electrons. The van der Waals surface area contributed by atoms with E-state index in [1.54, 1.807) is 0 Å². The van der Waals surface area contributed by atoms with Crippen LogP contribution in [-0.4, -0.2) is 79.7 Å². The highest BCUT2D eigenvalue weighted by molar-refractivity contribution is 7.80. The highest BCUT2D eigenvalue weighted by Gasteiger charge is 2.36. The van der Waals surface area contributed by atoms with E-state index in [1.807, 2.05) is 0 Å². The third-order valence-electron chi connectivity index (χ3n) is 3.48. The molecule has 0 radical (unpaired) electrons. The Morgan fingerprint density at radius 1 is 1.29 bits per heavy atom. The first-order valence-electron chi connectivity index (χ1n) is 7.66. The van der Waals surface area contributed by atoms with Gasteiger partial charge in [0.05, 0.1) is 11.5 Å². The number of aliphatic carboxylic acids is 1. The average molecular weight is 461 g/mol. The molecule has 0 bridgehead atoms. The number of hydrogen-bond acceptors (Lipinski definition) is 11. The predicted octanol–water partition coefficient (Wildman–Crippen LogP) is -1.14. The van der Waals surface area contributed by atoms with Crippen molar-refractivity contribution >= 4 is 45.7 Å². The van der Waals surface area contributed by atoms with E-state index < -0.39 is 59.4 Å². The molecule has 1 heterocycles. The zero-order valence-corrected chi connectivity index (χ0v) is 16.6. The summed E-state index contributed by atoms with van der Waals surface area (Å²) >= 11 is 5.82. The number of nitrogens with zero attached hydrogens (tertiary/aromatic N) is 1. The molecule has 0 aliphatic rings. The number of aliphatic hydroxyl groups excluding tert-OH is 3. The first kappa shape index (κ1) is 24.6. The fraction of sp³-hybridized carbons (Fsp3) is 0.615. The Morgan fingerprint density at radius 3 is 2.39 bits per heavy atom. The smallest absolute Gasteiger partial charge is 0.398 e. The number of rotatable bonds is 12. The van der Waals surface area contributed by atoms with Crippen molar-refractivity contribution in [2.75, 3.05) is 6.61 Å². The van der Waals surface area contributed by atoms with E-state index in [0.717, 1.165) is 11.3 Å². The second-order valence-electron chi connectivity index (χ2n) is 5.59. The summed E-state index contributed by atoms with van der Waals surface area (Å²) < 4.78 is 36.0. The van der Waals surface area contributed by atoms with Crippen molar-refractivity contribution in [1.29, 1.82) is 0 Å². The molecule has 6 N–H and O–H groups in total. The van der Waals surface area contributed by atoms with Gasteiger partial charge in [-0.05, 0) is 18.6 Å². The van der Waals surface area contributed by atoms with Crippen LogP contribution in [0.3, 0.4) is 0 Å². The minimum absolute atomic E-state index is 0.0278. The molecular weight excluding hydrogens is 442 g/mol. The van der Waals surface area contributed by atoms with Crippen molar-refractivity contribution in [3.8, 4) is 5.88 Å². The monoisotopic (exact) mass is 461 g/mol. The van der Waals surface area contributed by atoms with Gasteiger partial charge in [-0.15, -0.1) is 11.3 Å². The molecule has 0 spiro atoms. The van der Waals surface area contributed by atoms with Crippen molar-refractivity contribution in [2.45, 2.75) is 44.1 Å². The Balaban J connectivity index is 3.04. The van der Waals surface area contributed by atoms with Gasteiger partial charge in [-0.1, -0.05) is 0 Å². The standard InChI is InChI=1S/C13H19NO11S3/c15-5-7(17)10(20)11(25-28(22,23)24)6(16)4-8-12(21)14(13(26)27-8)3-1-2-9(18)19/h7,10-11,15,17,20-21H,1-5H2,(H,18,19)(H,22,23,24). The number of carbonyl (C=O) groups is 2. The molecule has 0 aliphatic heterocycles. The number of ketones is 1. The number of carboxylic acid groups (broad SMARTS) is 1. The normalized spacial score (nSPS) is 15.1. The SMILES string of the molecule is O=C(O)CCCn1c(O)c(CC(=O)C(OS(=O)(=O)O)C(O)C(O)CO)sc1=S. The number of Topliss-reactive ketones (excluding diaryl/α,β-unsaturated/α-hetero) is 1. The third-order valence-corrected chi connectivity index (χ3v) is 5.37. The van der Waals surface area contributed by atoms with Gasteiger partial charge in [0, 0.05) is 19.4 Å². The van der Waals surface area contributed by atoms with Gasteiger partial charge >= 0.3 is 16.4 Å². The fourth-order valence-corrected chi connectivity index (χ4v) is 4.02. The number of carbonyl (C=O) groups excluding carboxylic acids is 1. The first-order valence-corrected chi connectivity index (χ1v) is 10.2. The van der Waals surface area contributed by atoms with Gasteiger partial charge in [-0.2, -0.15) is 8.42 Å².